The molecule has 0 saturated heterocycles. The van der Waals surface area contributed by atoms with Crippen LogP contribution in [0.15, 0.2) is 18.2 Å². The Morgan fingerprint density at radius 2 is 2.10 bits per heavy atom. The molecule has 1 aliphatic carbocycles. The van der Waals surface area contributed by atoms with Gasteiger partial charge in [-0.25, -0.2) is 0 Å². The molecule has 7 heteroatoms. The zero-order chi connectivity index (χ0) is 15.6. The molecule has 1 aromatic carbocycles. The first-order chi connectivity index (χ1) is 9.84. The fourth-order valence-corrected chi connectivity index (χ4v) is 2.63. The number of nitrogens with one attached hydrogen (secondary N) is 1. The number of methoxy groups -OCH3 is 1. The average Bonchev–Trinajstić information content (AvgIpc) is 2.84. The zero-order valence-electron chi connectivity index (χ0n) is 11.5. The van der Waals surface area contributed by atoms with E-state index in [2.05, 4.69) is 5.32 Å². The van der Waals surface area contributed by atoms with E-state index < -0.39 is 23.3 Å². The Kier molecular flexibility index (Phi) is 4.41. The van der Waals surface area contributed by atoms with Crippen molar-refractivity contribution < 1.29 is 22.7 Å². The van der Waals surface area contributed by atoms with Crippen LogP contribution in [0.4, 0.5) is 18.9 Å². The van der Waals surface area contributed by atoms with Crippen molar-refractivity contribution in [2.45, 2.75) is 37.6 Å². The lowest BCUT2D eigenvalue weighted by Gasteiger charge is -2.20. The lowest BCUT2D eigenvalue weighted by Crippen LogP contribution is -2.41. The summed E-state index contributed by atoms with van der Waals surface area (Å²) in [5, 5.41) is 2.70. The third-order valence-electron chi connectivity index (χ3n) is 3.73. The molecular formula is C14H17F3N2O2. The van der Waals surface area contributed by atoms with Gasteiger partial charge in [-0.1, -0.05) is 6.07 Å². The number of rotatable bonds is 3. The largest absolute Gasteiger partial charge is 0.418 e. The molecule has 21 heavy (non-hydrogen) atoms. The molecule has 3 N–H and O–H groups in total. The number of alkyl halides is 3. The lowest BCUT2D eigenvalue weighted by molar-refractivity contribution is -0.136. The van der Waals surface area contributed by atoms with E-state index in [1.165, 1.54) is 12.1 Å². The minimum absolute atomic E-state index is 0.110. The summed E-state index contributed by atoms with van der Waals surface area (Å²) in [6.07, 6.45) is -2.23. The summed E-state index contributed by atoms with van der Waals surface area (Å²) in [6, 6.07) is 3.13. The molecule has 1 amide bonds. The molecule has 1 aliphatic rings. The van der Waals surface area contributed by atoms with Gasteiger partial charge in [0, 0.05) is 7.11 Å². The van der Waals surface area contributed by atoms with Crippen LogP contribution in [0.5, 0.6) is 0 Å². The molecule has 116 valence electrons. The molecule has 2 atom stereocenters. The van der Waals surface area contributed by atoms with Crippen LogP contribution >= 0.6 is 0 Å². The van der Waals surface area contributed by atoms with E-state index in [0.29, 0.717) is 0 Å². The standard InChI is InChI=1S/C14H17F3N2O2/c1-21-11-7-3-6-10(11)19-13(20)8-4-2-5-9(12(8)18)14(15,16)17/h2,4-5,10-11H,3,6-7,18H2,1H3,(H,19,20). The van der Waals surface area contributed by atoms with Crippen molar-refractivity contribution in [2.24, 2.45) is 0 Å². The van der Waals surface area contributed by atoms with Gasteiger partial charge in [-0.2, -0.15) is 13.2 Å². The summed E-state index contributed by atoms with van der Waals surface area (Å²) in [5.74, 6) is -0.604. The predicted octanol–water partition coefficient (Wildman–Crippen LogP) is 2.58. The Labute approximate surface area is 120 Å². The second-order valence-electron chi connectivity index (χ2n) is 5.05. The minimum atomic E-state index is -4.58. The van der Waals surface area contributed by atoms with Gasteiger partial charge >= 0.3 is 6.18 Å². The second-order valence-corrected chi connectivity index (χ2v) is 5.05. The molecule has 4 nitrogen and oxygen atoms in total. The number of carbonyl (C=O) groups excluding carboxylic acids is 1. The van der Waals surface area contributed by atoms with E-state index in [1.54, 1.807) is 7.11 Å². The summed E-state index contributed by atoms with van der Waals surface area (Å²) >= 11 is 0. The van der Waals surface area contributed by atoms with E-state index in [0.717, 1.165) is 25.3 Å². The molecule has 1 saturated carbocycles. The summed E-state index contributed by atoms with van der Waals surface area (Å²) in [5.41, 5.74) is 3.80. The van der Waals surface area contributed by atoms with E-state index >= 15 is 0 Å². The molecule has 2 unspecified atom stereocenters. The van der Waals surface area contributed by atoms with Crippen LogP contribution in [0, 0.1) is 0 Å². The van der Waals surface area contributed by atoms with Crippen molar-refractivity contribution in [1.82, 2.24) is 5.32 Å². The highest BCUT2D eigenvalue weighted by atomic mass is 19.4. The average molecular weight is 302 g/mol. The molecular weight excluding hydrogens is 285 g/mol. The van der Waals surface area contributed by atoms with Crippen molar-refractivity contribution in [3.63, 3.8) is 0 Å². The monoisotopic (exact) mass is 302 g/mol. The van der Waals surface area contributed by atoms with Crippen molar-refractivity contribution in [2.75, 3.05) is 12.8 Å². The van der Waals surface area contributed by atoms with Crippen LogP contribution in [-0.4, -0.2) is 25.2 Å². The molecule has 0 heterocycles. The number of para-hydroxylation sites is 1. The molecule has 0 bridgehead atoms. The lowest BCUT2D eigenvalue weighted by atomic mass is 10.1. The second kappa shape index (κ2) is 5.93. The van der Waals surface area contributed by atoms with Gasteiger partial charge in [0.05, 0.1) is 29.0 Å². The molecule has 0 radical (unpaired) electrons. The maximum absolute atomic E-state index is 12.8. The molecule has 0 spiro atoms. The van der Waals surface area contributed by atoms with Crippen LogP contribution in [-0.2, 0) is 10.9 Å². The third kappa shape index (κ3) is 3.29. The molecule has 0 aliphatic heterocycles. The maximum Gasteiger partial charge on any atom is 0.418 e. The van der Waals surface area contributed by atoms with Crippen molar-refractivity contribution >= 4 is 11.6 Å². The summed E-state index contributed by atoms with van der Waals surface area (Å²) < 4.78 is 43.6. The molecule has 2 rings (SSSR count). The van der Waals surface area contributed by atoms with Gasteiger partial charge in [0.2, 0.25) is 0 Å². The smallest absolute Gasteiger partial charge is 0.398 e. The maximum atomic E-state index is 12.8. The minimum Gasteiger partial charge on any atom is -0.398 e. The fourth-order valence-electron chi connectivity index (χ4n) is 2.63. The van der Waals surface area contributed by atoms with Gasteiger partial charge in [0.15, 0.2) is 0 Å². The number of ether oxygens (including phenoxy) is 1. The summed E-state index contributed by atoms with van der Waals surface area (Å²) in [4.78, 5) is 12.1. The third-order valence-corrected chi connectivity index (χ3v) is 3.73. The first-order valence-electron chi connectivity index (χ1n) is 6.64. The Hall–Kier alpha value is -1.76. The van der Waals surface area contributed by atoms with Crippen LogP contribution in [0.1, 0.15) is 35.2 Å². The topological polar surface area (TPSA) is 64.3 Å². The van der Waals surface area contributed by atoms with Crippen LogP contribution in [0.2, 0.25) is 0 Å². The van der Waals surface area contributed by atoms with Crippen LogP contribution in [0.3, 0.4) is 0 Å². The molecule has 1 aromatic rings. The van der Waals surface area contributed by atoms with Crippen LogP contribution in [0.25, 0.3) is 0 Å². The van der Waals surface area contributed by atoms with E-state index in [-0.39, 0.29) is 17.7 Å². The first-order valence-corrected chi connectivity index (χ1v) is 6.64. The van der Waals surface area contributed by atoms with Crippen molar-refractivity contribution in [3.05, 3.63) is 29.3 Å². The summed E-state index contributed by atoms with van der Waals surface area (Å²) in [6.45, 7) is 0. The van der Waals surface area contributed by atoms with Gasteiger partial charge in [-0.15, -0.1) is 0 Å². The number of nitrogen functional groups attached to an aromatic ring is 1. The number of amides is 1. The highest BCUT2D eigenvalue weighted by Gasteiger charge is 2.35. The number of benzene rings is 1. The fraction of sp³-hybridized carbons (Fsp3) is 0.500. The number of hydrogen-bond donors (Lipinski definition) is 2. The van der Waals surface area contributed by atoms with Crippen molar-refractivity contribution in [1.29, 1.82) is 0 Å². The molecule has 0 aromatic heterocycles. The highest BCUT2D eigenvalue weighted by molar-refractivity contribution is 6.00. The number of nitrogens with two attached hydrogens (primary N) is 1. The quantitative estimate of drug-likeness (QED) is 0.844. The Morgan fingerprint density at radius 1 is 1.38 bits per heavy atom. The Balaban J connectivity index is 2.20. The SMILES string of the molecule is COC1CCCC1NC(=O)c1cccc(C(F)(F)F)c1N. The Morgan fingerprint density at radius 3 is 2.71 bits per heavy atom. The van der Waals surface area contributed by atoms with Gasteiger partial charge in [0.25, 0.3) is 5.91 Å². The van der Waals surface area contributed by atoms with Crippen LogP contribution < -0.4 is 11.1 Å². The number of carbonyl (C=O) groups is 1. The number of hydrogen-bond acceptors (Lipinski definition) is 3. The molecule has 1 fully saturated rings. The predicted molar refractivity (Wildman–Crippen MR) is 71.8 cm³/mol. The van der Waals surface area contributed by atoms with E-state index in [1.807, 2.05) is 0 Å². The van der Waals surface area contributed by atoms with E-state index in [9.17, 15) is 18.0 Å². The van der Waals surface area contributed by atoms with Gasteiger partial charge in [0.1, 0.15) is 0 Å². The van der Waals surface area contributed by atoms with Crippen molar-refractivity contribution in [3.8, 4) is 0 Å². The number of halogens is 3. The number of anilines is 1. The summed E-state index contributed by atoms with van der Waals surface area (Å²) in [7, 11) is 1.55. The van der Waals surface area contributed by atoms with Gasteiger partial charge in [-0.05, 0) is 31.4 Å². The first kappa shape index (κ1) is 15.6. The normalized spacial score (nSPS) is 22.3. The van der Waals surface area contributed by atoms with Gasteiger partial charge in [-0.3, -0.25) is 4.79 Å². The van der Waals surface area contributed by atoms with Gasteiger partial charge < -0.3 is 15.8 Å². The zero-order valence-corrected chi connectivity index (χ0v) is 11.5. The van der Waals surface area contributed by atoms with E-state index in [4.69, 9.17) is 10.5 Å². The highest BCUT2D eigenvalue weighted by Crippen LogP contribution is 2.35. The Bertz CT molecular complexity index is 531.